The highest BCUT2D eigenvalue weighted by Crippen LogP contribution is 2.24. The van der Waals surface area contributed by atoms with E-state index in [1.54, 1.807) is 0 Å². The summed E-state index contributed by atoms with van der Waals surface area (Å²) in [6.07, 6.45) is 0. The lowest BCUT2D eigenvalue weighted by Crippen LogP contribution is -2.46. The fourth-order valence-electron chi connectivity index (χ4n) is 3.19. The normalized spacial score (nSPS) is 15.5. The largest absolute Gasteiger partial charge is 0.480 e. The molecule has 25 heavy (non-hydrogen) atoms. The molecule has 1 aromatic heterocycles. The molecule has 0 bridgehead atoms. The van der Waals surface area contributed by atoms with E-state index in [1.165, 1.54) is 21.4 Å². The van der Waals surface area contributed by atoms with Gasteiger partial charge < -0.3 is 10.0 Å². The Morgan fingerprint density at radius 3 is 2.64 bits per heavy atom. The van der Waals surface area contributed by atoms with Gasteiger partial charge in [-0.15, -0.1) is 0 Å². The van der Waals surface area contributed by atoms with Crippen LogP contribution in [0.3, 0.4) is 0 Å². The van der Waals surface area contributed by atoms with E-state index in [4.69, 9.17) is 5.11 Å². The van der Waals surface area contributed by atoms with E-state index < -0.39 is 11.7 Å². The quantitative estimate of drug-likeness (QED) is 0.824. The van der Waals surface area contributed by atoms with Crippen molar-refractivity contribution >= 4 is 11.7 Å². The summed E-state index contributed by atoms with van der Waals surface area (Å²) in [7, 11) is 0. The highest BCUT2D eigenvalue weighted by molar-refractivity contribution is 5.66. The maximum Gasteiger partial charge on any atom is 0.343 e. The molecule has 1 fully saturated rings. The Morgan fingerprint density at radius 2 is 1.96 bits per heavy atom. The average Bonchev–Trinajstić information content (AvgIpc) is 2.91. The van der Waals surface area contributed by atoms with E-state index in [2.05, 4.69) is 52.0 Å². The molecule has 0 saturated carbocycles. The highest BCUT2D eigenvalue weighted by atomic mass is 16.4. The van der Waals surface area contributed by atoms with Gasteiger partial charge in [-0.2, -0.15) is 5.10 Å². The zero-order valence-corrected chi connectivity index (χ0v) is 14.5. The Balaban J connectivity index is 1.65. The van der Waals surface area contributed by atoms with Crippen molar-refractivity contribution in [3.63, 3.8) is 0 Å². The minimum atomic E-state index is -1.05. The van der Waals surface area contributed by atoms with Crippen LogP contribution < -0.4 is 10.6 Å². The number of nitrogens with zero attached hydrogens (tertiary/aromatic N) is 4. The van der Waals surface area contributed by atoms with Gasteiger partial charge >= 0.3 is 11.7 Å². The SMILES string of the molecule is Cc1cccc(N2CCN(Cc3n[nH]c(=O)n3CC(=O)O)CC2)c1C. The molecule has 3 rings (SSSR count). The molecule has 1 aliphatic rings. The van der Waals surface area contributed by atoms with Crippen LogP contribution in [-0.2, 0) is 17.9 Å². The lowest BCUT2D eigenvalue weighted by molar-refractivity contribution is -0.137. The third-order valence-electron chi connectivity index (χ3n) is 4.78. The molecule has 0 radical (unpaired) electrons. The van der Waals surface area contributed by atoms with Gasteiger partial charge in [0.15, 0.2) is 0 Å². The first-order valence-electron chi connectivity index (χ1n) is 8.35. The summed E-state index contributed by atoms with van der Waals surface area (Å²) in [5, 5.41) is 15.2. The number of carboxylic acids is 1. The third-order valence-corrected chi connectivity index (χ3v) is 4.78. The number of piperazine rings is 1. The summed E-state index contributed by atoms with van der Waals surface area (Å²) in [6, 6.07) is 6.35. The third kappa shape index (κ3) is 3.74. The number of benzene rings is 1. The van der Waals surface area contributed by atoms with E-state index in [0.717, 1.165) is 26.2 Å². The molecule has 1 saturated heterocycles. The number of carbonyl (C=O) groups is 1. The number of aliphatic carboxylic acids is 1. The lowest BCUT2D eigenvalue weighted by Gasteiger charge is -2.36. The Kier molecular flexibility index (Phi) is 4.89. The molecule has 134 valence electrons. The number of rotatable bonds is 5. The fourth-order valence-corrected chi connectivity index (χ4v) is 3.19. The number of nitrogens with one attached hydrogen (secondary N) is 1. The monoisotopic (exact) mass is 345 g/mol. The standard InChI is InChI=1S/C17H23N5O3/c1-12-4-3-5-14(13(12)2)21-8-6-20(7-9-21)10-15-18-19-17(25)22(15)11-16(23)24/h3-5H,6-11H2,1-2H3,(H,19,25)(H,23,24). The number of carboxylic acid groups (broad SMARTS) is 1. The van der Waals surface area contributed by atoms with Crippen LogP contribution in [0.5, 0.6) is 0 Å². The van der Waals surface area contributed by atoms with Crippen molar-refractivity contribution in [3.05, 3.63) is 45.6 Å². The average molecular weight is 345 g/mol. The molecule has 1 aliphatic heterocycles. The molecule has 8 heteroatoms. The molecule has 8 nitrogen and oxygen atoms in total. The maximum absolute atomic E-state index is 11.7. The lowest BCUT2D eigenvalue weighted by atomic mass is 10.1. The van der Waals surface area contributed by atoms with Gasteiger partial charge in [0.1, 0.15) is 12.4 Å². The van der Waals surface area contributed by atoms with Gasteiger partial charge in [0.2, 0.25) is 0 Å². The van der Waals surface area contributed by atoms with Gasteiger partial charge in [-0.05, 0) is 31.0 Å². The second-order valence-corrected chi connectivity index (χ2v) is 6.41. The second-order valence-electron chi connectivity index (χ2n) is 6.41. The van der Waals surface area contributed by atoms with Crippen molar-refractivity contribution in [1.29, 1.82) is 0 Å². The second kappa shape index (κ2) is 7.10. The molecule has 1 aromatic carbocycles. The Bertz CT molecular complexity index is 818. The van der Waals surface area contributed by atoms with E-state index in [0.29, 0.717) is 12.4 Å². The smallest absolute Gasteiger partial charge is 0.343 e. The summed E-state index contributed by atoms with van der Waals surface area (Å²) in [5.41, 5.74) is 3.38. The molecule has 2 N–H and O–H groups in total. The molecular weight excluding hydrogens is 322 g/mol. The van der Waals surface area contributed by atoms with Gasteiger partial charge in [0.05, 0.1) is 6.54 Å². The number of aromatic amines is 1. The predicted octanol–water partition coefficient (Wildman–Crippen LogP) is 0.595. The van der Waals surface area contributed by atoms with Crippen molar-refractivity contribution in [2.24, 2.45) is 0 Å². The summed E-state index contributed by atoms with van der Waals surface area (Å²) in [5.74, 6) is -0.586. The minimum Gasteiger partial charge on any atom is -0.480 e. The van der Waals surface area contributed by atoms with Crippen LogP contribution in [0.4, 0.5) is 5.69 Å². The van der Waals surface area contributed by atoms with Crippen LogP contribution in [0.15, 0.2) is 23.0 Å². The first-order chi connectivity index (χ1) is 12.0. The van der Waals surface area contributed by atoms with Gasteiger partial charge in [-0.1, -0.05) is 12.1 Å². The topological polar surface area (TPSA) is 94.5 Å². The number of H-pyrrole nitrogens is 1. The first kappa shape index (κ1) is 17.2. The Morgan fingerprint density at radius 1 is 1.24 bits per heavy atom. The number of aromatic nitrogens is 3. The molecule has 0 unspecified atom stereocenters. The van der Waals surface area contributed by atoms with Crippen molar-refractivity contribution in [2.45, 2.75) is 26.9 Å². The van der Waals surface area contributed by atoms with Crippen molar-refractivity contribution in [3.8, 4) is 0 Å². The molecule has 2 heterocycles. The zero-order valence-electron chi connectivity index (χ0n) is 14.5. The number of aryl methyl sites for hydroxylation is 1. The van der Waals surface area contributed by atoms with Crippen LogP contribution in [-0.4, -0.2) is 56.9 Å². The molecule has 0 atom stereocenters. The summed E-state index contributed by atoms with van der Waals surface area (Å²) in [6.45, 7) is 7.80. The highest BCUT2D eigenvalue weighted by Gasteiger charge is 2.21. The number of hydrogen-bond donors (Lipinski definition) is 2. The van der Waals surface area contributed by atoms with Crippen LogP contribution >= 0.6 is 0 Å². The van der Waals surface area contributed by atoms with Gasteiger partial charge in [-0.25, -0.2) is 9.89 Å². The van der Waals surface area contributed by atoms with E-state index in [-0.39, 0.29) is 6.54 Å². The van der Waals surface area contributed by atoms with Crippen LogP contribution in [0.2, 0.25) is 0 Å². The Hall–Kier alpha value is -2.61. The number of anilines is 1. The van der Waals surface area contributed by atoms with Gasteiger partial charge in [0.25, 0.3) is 0 Å². The molecular formula is C17H23N5O3. The van der Waals surface area contributed by atoms with Crippen LogP contribution in [0.1, 0.15) is 17.0 Å². The Labute approximate surface area is 145 Å². The van der Waals surface area contributed by atoms with E-state index >= 15 is 0 Å². The molecule has 2 aromatic rings. The molecule has 0 aliphatic carbocycles. The van der Waals surface area contributed by atoms with Crippen molar-refractivity contribution in [2.75, 3.05) is 31.1 Å². The maximum atomic E-state index is 11.7. The minimum absolute atomic E-state index is 0.368. The van der Waals surface area contributed by atoms with Crippen LogP contribution in [0, 0.1) is 13.8 Å². The molecule has 0 amide bonds. The summed E-state index contributed by atoms with van der Waals surface area (Å²) >= 11 is 0. The summed E-state index contributed by atoms with van der Waals surface area (Å²) in [4.78, 5) is 27.1. The number of hydrogen-bond acceptors (Lipinski definition) is 5. The van der Waals surface area contributed by atoms with Crippen molar-refractivity contribution in [1.82, 2.24) is 19.7 Å². The zero-order chi connectivity index (χ0) is 18.0. The van der Waals surface area contributed by atoms with Gasteiger partial charge in [0, 0.05) is 31.9 Å². The van der Waals surface area contributed by atoms with E-state index in [1.807, 2.05) is 0 Å². The van der Waals surface area contributed by atoms with Crippen LogP contribution in [0.25, 0.3) is 0 Å². The first-order valence-corrected chi connectivity index (χ1v) is 8.35. The van der Waals surface area contributed by atoms with Crippen molar-refractivity contribution < 1.29 is 9.90 Å². The predicted molar refractivity (Wildman–Crippen MR) is 93.9 cm³/mol. The summed E-state index contributed by atoms with van der Waals surface area (Å²) < 4.78 is 1.18. The fraction of sp³-hybridized carbons (Fsp3) is 0.471. The van der Waals surface area contributed by atoms with E-state index in [9.17, 15) is 9.59 Å². The molecule has 0 spiro atoms. The van der Waals surface area contributed by atoms with Gasteiger partial charge in [-0.3, -0.25) is 14.3 Å².